The van der Waals surface area contributed by atoms with E-state index in [1.807, 2.05) is 19.9 Å². The Morgan fingerprint density at radius 1 is 1.42 bits per heavy atom. The van der Waals surface area contributed by atoms with E-state index in [9.17, 15) is 10.1 Å². The first-order valence-electron chi connectivity index (χ1n) is 5.88. The van der Waals surface area contributed by atoms with Crippen molar-refractivity contribution in [2.45, 2.75) is 31.2 Å². The molecule has 0 amide bonds. The minimum atomic E-state index is -0.354. The number of rotatable bonds is 5. The molecule has 0 fully saturated rings. The molecule has 100 valence electrons. The van der Waals surface area contributed by atoms with E-state index in [2.05, 4.69) is 15.2 Å². The maximum absolute atomic E-state index is 11.0. The fourth-order valence-corrected chi connectivity index (χ4v) is 2.47. The van der Waals surface area contributed by atoms with E-state index in [1.54, 1.807) is 12.1 Å². The highest BCUT2D eigenvalue weighted by Crippen LogP contribution is 2.27. The zero-order valence-corrected chi connectivity index (χ0v) is 11.5. The third-order valence-corrected chi connectivity index (χ3v) is 3.56. The fraction of sp³-hybridized carbons (Fsp3) is 0.333. The fourth-order valence-electron chi connectivity index (χ4n) is 1.66. The van der Waals surface area contributed by atoms with Crippen molar-refractivity contribution in [1.82, 2.24) is 15.2 Å². The van der Waals surface area contributed by atoms with Crippen LogP contribution in [0.2, 0.25) is 0 Å². The lowest BCUT2D eigenvalue weighted by molar-refractivity contribution is -0.385. The van der Waals surface area contributed by atoms with Crippen molar-refractivity contribution in [3.63, 3.8) is 0 Å². The van der Waals surface area contributed by atoms with Crippen LogP contribution in [0.1, 0.15) is 23.9 Å². The van der Waals surface area contributed by atoms with Crippen LogP contribution in [0.3, 0.4) is 0 Å². The molecular weight excluding hydrogens is 264 g/mol. The topological polar surface area (TPSA) is 84.7 Å². The second kappa shape index (κ2) is 5.83. The summed E-state index contributed by atoms with van der Waals surface area (Å²) in [5, 5.41) is 19.6. The standard InChI is InChI=1S/C12H14N4O2S/c1-3-11-13-12(15-14-11)19-7-9-6-8(2)4-5-10(9)16(17)18/h4-6H,3,7H2,1-2H3,(H,13,14,15). The average molecular weight is 278 g/mol. The molecule has 6 nitrogen and oxygen atoms in total. The molecule has 2 aromatic rings. The summed E-state index contributed by atoms with van der Waals surface area (Å²) in [4.78, 5) is 13.7. The molecular formula is C12H14N4O2S. The second-order valence-electron chi connectivity index (χ2n) is 4.11. The highest BCUT2D eigenvalue weighted by Gasteiger charge is 2.14. The number of nitrogens with one attached hydrogen (secondary N) is 1. The molecule has 0 aliphatic carbocycles. The number of benzene rings is 1. The van der Waals surface area contributed by atoms with Crippen LogP contribution in [0, 0.1) is 17.0 Å². The smallest absolute Gasteiger partial charge is 0.273 e. The van der Waals surface area contributed by atoms with E-state index in [0.717, 1.165) is 17.8 Å². The van der Waals surface area contributed by atoms with Gasteiger partial charge in [0.1, 0.15) is 5.82 Å². The van der Waals surface area contributed by atoms with Crippen molar-refractivity contribution in [3.8, 4) is 0 Å². The average Bonchev–Trinajstić information content (AvgIpc) is 2.84. The molecule has 0 spiro atoms. The van der Waals surface area contributed by atoms with Gasteiger partial charge in [-0.15, -0.1) is 10.2 Å². The van der Waals surface area contributed by atoms with Crippen LogP contribution in [-0.4, -0.2) is 20.1 Å². The summed E-state index contributed by atoms with van der Waals surface area (Å²) in [6, 6.07) is 5.13. The number of hydrogen-bond donors (Lipinski definition) is 1. The van der Waals surface area contributed by atoms with Gasteiger partial charge < -0.3 is 4.98 Å². The number of H-pyrrole nitrogens is 1. The Morgan fingerprint density at radius 2 is 2.21 bits per heavy atom. The minimum absolute atomic E-state index is 0.147. The van der Waals surface area contributed by atoms with E-state index in [4.69, 9.17) is 0 Å². The van der Waals surface area contributed by atoms with E-state index in [-0.39, 0.29) is 10.6 Å². The molecule has 0 saturated heterocycles. The van der Waals surface area contributed by atoms with Crippen molar-refractivity contribution in [1.29, 1.82) is 0 Å². The Kier molecular flexibility index (Phi) is 4.16. The first-order valence-corrected chi connectivity index (χ1v) is 6.87. The number of aromatic amines is 1. The SMILES string of the molecule is CCc1nnc(SCc2cc(C)ccc2[N+](=O)[O-])[nH]1. The van der Waals surface area contributed by atoms with E-state index in [1.165, 1.54) is 11.8 Å². The summed E-state index contributed by atoms with van der Waals surface area (Å²) in [7, 11) is 0. The summed E-state index contributed by atoms with van der Waals surface area (Å²) >= 11 is 1.42. The molecule has 1 N–H and O–H groups in total. The number of thioether (sulfide) groups is 1. The van der Waals surface area contributed by atoms with Gasteiger partial charge in [-0.3, -0.25) is 10.1 Å². The molecule has 19 heavy (non-hydrogen) atoms. The number of nitro groups is 1. The zero-order chi connectivity index (χ0) is 13.8. The molecule has 0 radical (unpaired) electrons. The van der Waals surface area contributed by atoms with Crippen LogP contribution in [0.4, 0.5) is 5.69 Å². The van der Waals surface area contributed by atoms with Crippen molar-refractivity contribution < 1.29 is 4.92 Å². The van der Waals surface area contributed by atoms with Gasteiger partial charge in [-0.05, 0) is 13.0 Å². The Hall–Kier alpha value is -1.89. The first kappa shape index (κ1) is 13.5. The summed E-state index contributed by atoms with van der Waals surface area (Å²) in [5.74, 6) is 1.32. The van der Waals surface area contributed by atoms with Gasteiger partial charge in [-0.25, -0.2) is 0 Å². The first-order chi connectivity index (χ1) is 9.10. The van der Waals surface area contributed by atoms with Gasteiger partial charge in [0.25, 0.3) is 5.69 Å². The molecule has 0 aliphatic rings. The summed E-state index contributed by atoms with van der Waals surface area (Å²) in [6.07, 6.45) is 0.790. The van der Waals surface area contributed by atoms with E-state index < -0.39 is 0 Å². The minimum Gasteiger partial charge on any atom is -0.320 e. The van der Waals surface area contributed by atoms with Crippen LogP contribution in [0.25, 0.3) is 0 Å². The summed E-state index contributed by atoms with van der Waals surface area (Å²) < 4.78 is 0. The molecule has 1 heterocycles. The van der Waals surface area contributed by atoms with Crippen molar-refractivity contribution in [2.75, 3.05) is 0 Å². The lowest BCUT2D eigenvalue weighted by Crippen LogP contribution is -1.95. The third-order valence-electron chi connectivity index (χ3n) is 2.64. The molecule has 1 aromatic carbocycles. The highest BCUT2D eigenvalue weighted by atomic mass is 32.2. The quantitative estimate of drug-likeness (QED) is 0.516. The number of aryl methyl sites for hydroxylation is 2. The van der Waals surface area contributed by atoms with Crippen LogP contribution in [0.5, 0.6) is 0 Å². The molecule has 2 rings (SSSR count). The second-order valence-corrected chi connectivity index (χ2v) is 5.07. The van der Waals surface area contributed by atoms with Crippen LogP contribution in [-0.2, 0) is 12.2 Å². The molecule has 0 aliphatic heterocycles. The Bertz CT molecular complexity index is 597. The maximum atomic E-state index is 11.0. The molecule has 7 heteroatoms. The maximum Gasteiger partial charge on any atom is 0.273 e. The summed E-state index contributed by atoms with van der Waals surface area (Å²) in [5.41, 5.74) is 1.85. The largest absolute Gasteiger partial charge is 0.320 e. The third kappa shape index (κ3) is 3.31. The number of hydrogen-bond acceptors (Lipinski definition) is 5. The lowest BCUT2D eigenvalue weighted by atomic mass is 10.1. The Balaban J connectivity index is 2.14. The van der Waals surface area contributed by atoms with Gasteiger partial charge in [0.2, 0.25) is 0 Å². The number of nitro benzene ring substituents is 1. The predicted octanol–water partition coefficient (Wildman–Crippen LogP) is 2.88. The van der Waals surface area contributed by atoms with Gasteiger partial charge in [-0.1, -0.05) is 30.3 Å². The normalized spacial score (nSPS) is 10.6. The number of aromatic nitrogens is 3. The lowest BCUT2D eigenvalue weighted by Gasteiger charge is -2.02. The monoisotopic (exact) mass is 278 g/mol. The molecule has 1 aromatic heterocycles. The Morgan fingerprint density at radius 3 is 2.84 bits per heavy atom. The molecule has 0 unspecified atom stereocenters. The van der Waals surface area contributed by atoms with Crippen molar-refractivity contribution in [3.05, 3.63) is 45.3 Å². The van der Waals surface area contributed by atoms with Gasteiger partial charge in [0.15, 0.2) is 5.16 Å². The molecule has 0 bridgehead atoms. The Labute approximate surface area is 114 Å². The predicted molar refractivity (Wildman–Crippen MR) is 73.2 cm³/mol. The van der Waals surface area contributed by atoms with Crippen LogP contribution in [0.15, 0.2) is 23.4 Å². The van der Waals surface area contributed by atoms with Gasteiger partial charge in [-0.2, -0.15) is 0 Å². The van der Waals surface area contributed by atoms with Crippen LogP contribution < -0.4 is 0 Å². The van der Waals surface area contributed by atoms with E-state index in [0.29, 0.717) is 16.5 Å². The van der Waals surface area contributed by atoms with Gasteiger partial charge >= 0.3 is 0 Å². The molecule has 0 atom stereocenters. The van der Waals surface area contributed by atoms with Crippen molar-refractivity contribution >= 4 is 17.4 Å². The van der Waals surface area contributed by atoms with Gasteiger partial charge in [0, 0.05) is 23.8 Å². The van der Waals surface area contributed by atoms with Crippen molar-refractivity contribution in [2.24, 2.45) is 0 Å². The molecule has 0 saturated carbocycles. The summed E-state index contributed by atoms with van der Waals surface area (Å²) in [6.45, 7) is 3.90. The number of nitrogens with zero attached hydrogens (tertiary/aromatic N) is 3. The zero-order valence-electron chi connectivity index (χ0n) is 10.7. The van der Waals surface area contributed by atoms with E-state index >= 15 is 0 Å². The van der Waals surface area contributed by atoms with Crippen LogP contribution >= 0.6 is 11.8 Å². The highest BCUT2D eigenvalue weighted by molar-refractivity contribution is 7.98. The van der Waals surface area contributed by atoms with Gasteiger partial charge in [0.05, 0.1) is 4.92 Å².